The Hall–Kier alpha value is -6.97. The van der Waals surface area contributed by atoms with Crippen molar-refractivity contribution >= 4 is 88.4 Å². The van der Waals surface area contributed by atoms with E-state index in [-0.39, 0.29) is 122 Å². The first-order valence-corrected chi connectivity index (χ1v) is 23.5. The lowest BCUT2D eigenvalue weighted by molar-refractivity contribution is -0.197. The Bertz CT molecular complexity index is 1820. The first kappa shape index (κ1) is 58.6. The zero-order valence-corrected chi connectivity index (χ0v) is 40.2. The largest absolute Gasteiger partial charge is 0.373 e. The summed E-state index contributed by atoms with van der Waals surface area (Å²) in [7, 11) is 0. The van der Waals surface area contributed by atoms with Gasteiger partial charge in [0, 0.05) is 96.3 Å². The van der Waals surface area contributed by atoms with Crippen molar-refractivity contribution in [2.75, 3.05) is 52.9 Å². The number of allylic oxidation sites excluding steroid dienone is 1. The Labute approximate surface area is 417 Å². The fraction of sp³-hybridized carbons (Fsp3) is 0.630. The van der Waals surface area contributed by atoms with E-state index in [2.05, 4.69) is 6.58 Å². The number of hydrogen-bond acceptors (Lipinski definition) is 23. The number of carbonyl (C=O) groups is 15. The standard InChI is InChI=1S/C46H58N4O23/c1-30-14-15-35(55)47(30)70-42(62)10-2-6-31(51)22-66-26-46(27-67-23-32(52)7-3-11-43(63)71-48-36(56)16-17-37(48)57,28-68-24-33(53)8-4-12-44(64)72-49-38(58)18-19-39(49)59)29-69-25-34(54)9-5-13-45(65)73-50-40(60)20-21-41(50)61/h1-29H2. The highest BCUT2D eigenvalue weighted by Crippen LogP contribution is 2.24. The quantitative estimate of drug-likeness (QED) is 0.0767. The lowest BCUT2D eigenvalue weighted by atomic mass is 9.92. The van der Waals surface area contributed by atoms with Gasteiger partial charge < -0.3 is 38.3 Å². The molecule has 0 aliphatic carbocycles. The number of hydrogen-bond donors (Lipinski definition) is 0. The minimum absolute atomic E-state index is 0.0209. The van der Waals surface area contributed by atoms with Crippen LogP contribution in [0.5, 0.6) is 0 Å². The molecule has 0 atom stereocenters. The van der Waals surface area contributed by atoms with Crippen molar-refractivity contribution in [3.63, 3.8) is 0 Å². The predicted octanol–water partition coefficient (Wildman–Crippen LogP) is 0.413. The van der Waals surface area contributed by atoms with Crippen LogP contribution in [0.2, 0.25) is 0 Å². The summed E-state index contributed by atoms with van der Waals surface area (Å²) in [5.74, 6) is -10.0. The molecule has 4 aliphatic heterocycles. The van der Waals surface area contributed by atoms with Gasteiger partial charge in [0.2, 0.25) is 0 Å². The van der Waals surface area contributed by atoms with Gasteiger partial charge in [-0.25, -0.2) is 19.2 Å². The lowest BCUT2D eigenvalue weighted by Gasteiger charge is -2.32. The van der Waals surface area contributed by atoms with Crippen LogP contribution in [0.3, 0.4) is 0 Å². The van der Waals surface area contributed by atoms with Gasteiger partial charge in [0.25, 0.3) is 41.4 Å². The van der Waals surface area contributed by atoms with E-state index in [0.29, 0.717) is 27.3 Å². The van der Waals surface area contributed by atoms with Gasteiger partial charge in [-0.15, -0.1) is 20.3 Å². The third-order valence-electron chi connectivity index (χ3n) is 11.0. The van der Waals surface area contributed by atoms with Crippen molar-refractivity contribution in [2.45, 2.75) is 128 Å². The van der Waals surface area contributed by atoms with Gasteiger partial charge >= 0.3 is 23.9 Å². The third kappa shape index (κ3) is 20.2. The van der Waals surface area contributed by atoms with Gasteiger partial charge in [-0.2, -0.15) is 0 Å². The molecule has 0 aromatic heterocycles. The van der Waals surface area contributed by atoms with Crippen LogP contribution in [-0.2, 0) is 110 Å². The summed E-state index contributed by atoms with van der Waals surface area (Å²) in [6.45, 7) is -0.241. The Kier molecular flexibility index (Phi) is 23.7. The molecule has 4 heterocycles. The molecule has 4 rings (SSSR count). The van der Waals surface area contributed by atoms with E-state index in [4.69, 9.17) is 38.3 Å². The highest BCUT2D eigenvalue weighted by molar-refractivity contribution is 6.03. The summed E-state index contributed by atoms with van der Waals surface area (Å²) in [6.07, 6.45) is -2.29. The van der Waals surface area contributed by atoms with E-state index >= 15 is 0 Å². The van der Waals surface area contributed by atoms with Gasteiger partial charge in [0.05, 0.1) is 37.5 Å². The number of Topliss-reactive ketones (excluding diaryl/α,β-unsaturated/α-hetero) is 4. The average molecular weight is 1030 g/mol. The number of nitrogens with zero attached hydrogens (tertiary/aromatic N) is 4. The summed E-state index contributed by atoms with van der Waals surface area (Å²) in [5, 5.41) is 1.95. The summed E-state index contributed by atoms with van der Waals surface area (Å²) in [4.78, 5) is 203. The Balaban J connectivity index is 1.36. The molecule has 0 bridgehead atoms. The molecule has 0 unspecified atom stereocenters. The Morgan fingerprint density at radius 1 is 0.342 bits per heavy atom. The van der Waals surface area contributed by atoms with Crippen LogP contribution in [0.1, 0.15) is 128 Å². The van der Waals surface area contributed by atoms with Gasteiger partial charge in [0.1, 0.15) is 26.4 Å². The SMILES string of the molecule is C=C1CCC(=O)N1OC(=O)CCCC(=O)COCC(COCC(=O)CCCC(=O)ON1C(=O)CCC1=O)(COCC(=O)CCCC(=O)ON1C(=O)CCC1=O)COCC(=O)CCCC(=O)ON1C(=O)CCC1=O. The number of hydroxylamine groups is 8. The van der Waals surface area contributed by atoms with Crippen LogP contribution >= 0.6 is 0 Å². The molecule has 0 aromatic carbocycles. The molecule has 400 valence electrons. The number of ketones is 4. The van der Waals surface area contributed by atoms with Gasteiger partial charge in [-0.3, -0.25) is 52.7 Å². The van der Waals surface area contributed by atoms with Crippen LogP contribution in [-0.4, -0.2) is 161 Å². The normalized spacial score (nSPS) is 16.0. The highest BCUT2D eigenvalue weighted by atomic mass is 16.7. The van der Waals surface area contributed by atoms with Crippen molar-refractivity contribution in [3.8, 4) is 0 Å². The molecule has 4 saturated heterocycles. The van der Waals surface area contributed by atoms with Gasteiger partial charge in [0.15, 0.2) is 23.1 Å². The van der Waals surface area contributed by atoms with Crippen LogP contribution in [0, 0.1) is 5.41 Å². The molecule has 0 saturated carbocycles. The summed E-state index contributed by atoms with van der Waals surface area (Å²) < 4.78 is 23.1. The van der Waals surface area contributed by atoms with E-state index in [9.17, 15) is 71.9 Å². The maximum absolute atomic E-state index is 12.9. The van der Waals surface area contributed by atoms with Crippen LogP contribution in [0.15, 0.2) is 12.3 Å². The van der Waals surface area contributed by atoms with Crippen molar-refractivity contribution in [2.24, 2.45) is 5.41 Å². The molecule has 0 aromatic rings. The molecule has 4 aliphatic rings. The number of rotatable bonds is 36. The molecule has 27 nitrogen and oxygen atoms in total. The maximum atomic E-state index is 12.9. The Morgan fingerprint density at radius 2 is 0.562 bits per heavy atom. The third-order valence-corrected chi connectivity index (χ3v) is 11.0. The minimum atomic E-state index is -1.48. The second-order valence-corrected chi connectivity index (χ2v) is 17.4. The summed E-state index contributed by atoms with van der Waals surface area (Å²) >= 11 is 0. The van der Waals surface area contributed by atoms with Gasteiger partial charge in [-0.05, 0) is 32.1 Å². The molecular formula is C46H58N4O23. The molecular weight excluding hydrogens is 977 g/mol. The smallest absolute Gasteiger partial charge is 0.333 e. The van der Waals surface area contributed by atoms with Crippen molar-refractivity contribution in [1.29, 1.82) is 0 Å². The molecule has 27 heteroatoms. The highest BCUT2D eigenvalue weighted by Gasteiger charge is 2.37. The topological polar surface area (TPSA) is 343 Å². The number of carbonyl (C=O) groups excluding carboxylic acids is 15. The van der Waals surface area contributed by atoms with E-state index in [1.165, 1.54) is 0 Å². The molecule has 0 radical (unpaired) electrons. The molecule has 73 heavy (non-hydrogen) atoms. The zero-order chi connectivity index (χ0) is 53.5. The monoisotopic (exact) mass is 1030 g/mol. The van der Waals surface area contributed by atoms with Gasteiger partial charge in [-0.1, -0.05) is 6.58 Å². The number of imide groups is 3. The number of ether oxygens (including phenoxy) is 4. The summed E-state index contributed by atoms with van der Waals surface area (Å²) in [6, 6.07) is 0. The van der Waals surface area contributed by atoms with Crippen LogP contribution in [0.25, 0.3) is 0 Å². The second-order valence-electron chi connectivity index (χ2n) is 17.4. The minimum Gasteiger partial charge on any atom is -0.373 e. The fourth-order valence-electron chi connectivity index (χ4n) is 7.09. The lowest BCUT2D eigenvalue weighted by Crippen LogP contribution is -2.43. The van der Waals surface area contributed by atoms with E-state index in [0.717, 1.165) is 5.06 Å². The molecule has 7 amide bonds. The van der Waals surface area contributed by atoms with E-state index in [1.807, 2.05) is 0 Å². The molecule has 4 fully saturated rings. The molecule has 0 N–H and O–H groups in total. The second kappa shape index (κ2) is 29.5. The van der Waals surface area contributed by atoms with Crippen molar-refractivity contribution in [3.05, 3.63) is 12.3 Å². The van der Waals surface area contributed by atoms with Crippen LogP contribution in [0.4, 0.5) is 0 Å². The number of amides is 7. The Morgan fingerprint density at radius 3 is 0.795 bits per heavy atom. The summed E-state index contributed by atoms with van der Waals surface area (Å²) in [5.41, 5.74) is -1.16. The van der Waals surface area contributed by atoms with Crippen molar-refractivity contribution in [1.82, 2.24) is 20.3 Å². The van der Waals surface area contributed by atoms with Crippen molar-refractivity contribution < 1.29 is 110 Å². The zero-order valence-electron chi connectivity index (χ0n) is 40.2. The fourth-order valence-corrected chi connectivity index (χ4v) is 7.09. The first-order chi connectivity index (χ1) is 34.7. The van der Waals surface area contributed by atoms with E-state index in [1.54, 1.807) is 0 Å². The molecule has 0 spiro atoms. The van der Waals surface area contributed by atoms with E-state index < -0.39 is 147 Å². The maximum Gasteiger partial charge on any atom is 0.333 e. The predicted molar refractivity (Wildman–Crippen MR) is 234 cm³/mol. The first-order valence-electron chi connectivity index (χ1n) is 23.5. The van der Waals surface area contributed by atoms with Crippen LogP contribution < -0.4 is 0 Å². The average Bonchev–Trinajstić information content (AvgIpc) is 4.04.